The van der Waals surface area contributed by atoms with Crippen molar-refractivity contribution >= 4 is 18.3 Å². The van der Waals surface area contributed by atoms with Crippen molar-refractivity contribution < 1.29 is 9.18 Å². The molecular formula is C16H24ClFN2O. The van der Waals surface area contributed by atoms with Gasteiger partial charge >= 0.3 is 0 Å². The molecule has 2 N–H and O–H groups in total. The molecule has 0 spiro atoms. The molecule has 5 heteroatoms. The molecule has 3 nitrogen and oxygen atoms in total. The van der Waals surface area contributed by atoms with Gasteiger partial charge in [0.05, 0.1) is 6.54 Å². The SMILES string of the molecule is CNCC(=O)NCC1(c2cccc(F)c2)CCCCC1.Cl. The van der Waals surface area contributed by atoms with E-state index in [-0.39, 0.29) is 29.5 Å². The van der Waals surface area contributed by atoms with Gasteiger partial charge in [0.15, 0.2) is 0 Å². The van der Waals surface area contributed by atoms with Crippen molar-refractivity contribution in [3.8, 4) is 0 Å². The van der Waals surface area contributed by atoms with Gasteiger partial charge in [0.25, 0.3) is 0 Å². The lowest BCUT2D eigenvalue weighted by atomic mass is 9.69. The van der Waals surface area contributed by atoms with Gasteiger partial charge in [-0.3, -0.25) is 4.79 Å². The molecule has 0 saturated heterocycles. The van der Waals surface area contributed by atoms with Gasteiger partial charge in [0.2, 0.25) is 5.91 Å². The highest BCUT2D eigenvalue weighted by atomic mass is 35.5. The zero-order valence-corrected chi connectivity index (χ0v) is 13.3. The minimum Gasteiger partial charge on any atom is -0.354 e. The molecule has 1 fully saturated rings. The van der Waals surface area contributed by atoms with E-state index in [0.717, 1.165) is 31.2 Å². The summed E-state index contributed by atoms with van der Waals surface area (Å²) in [5.74, 6) is -0.206. The Morgan fingerprint density at radius 2 is 2.00 bits per heavy atom. The summed E-state index contributed by atoms with van der Waals surface area (Å²) in [6.45, 7) is 0.913. The molecule has 1 aliphatic rings. The van der Waals surface area contributed by atoms with Gasteiger partial charge < -0.3 is 10.6 Å². The molecule has 1 aliphatic carbocycles. The standard InChI is InChI=1S/C16H23FN2O.ClH/c1-18-11-15(20)19-12-16(8-3-2-4-9-16)13-6-5-7-14(17)10-13;/h5-7,10,18H,2-4,8-9,11-12H2,1H3,(H,19,20);1H. The van der Waals surface area contributed by atoms with Crippen LogP contribution in [0.2, 0.25) is 0 Å². The molecule has 0 atom stereocenters. The average Bonchev–Trinajstić information content (AvgIpc) is 2.46. The number of benzene rings is 1. The number of hydrogen-bond donors (Lipinski definition) is 2. The van der Waals surface area contributed by atoms with Crippen molar-refractivity contribution in [1.82, 2.24) is 10.6 Å². The second kappa shape index (κ2) is 8.35. The van der Waals surface area contributed by atoms with Gasteiger partial charge in [-0.2, -0.15) is 0 Å². The Hall–Kier alpha value is -1.13. The maximum Gasteiger partial charge on any atom is 0.233 e. The second-order valence-electron chi connectivity index (χ2n) is 5.66. The van der Waals surface area contributed by atoms with E-state index in [9.17, 15) is 9.18 Å². The van der Waals surface area contributed by atoms with E-state index in [1.165, 1.54) is 12.5 Å². The first-order valence-corrected chi connectivity index (χ1v) is 7.34. The third-order valence-electron chi connectivity index (χ3n) is 4.21. The van der Waals surface area contributed by atoms with Crippen LogP contribution in [-0.2, 0) is 10.2 Å². The highest BCUT2D eigenvalue weighted by Gasteiger charge is 2.34. The maximum atomic E-state index is 13.5. The van der Waals surface area contributed by atoms with Crippen molar-refractivity contribution in [3.05, 3.63) is 35.6 Å². The molecule has 0 unspecified atom stereocenters. The van der Waals surface area contributed by atoms with Crippen molar-refractivity contribution in [2.24, 2.45) is 0 Å². The summed E-state index contributed by atoms with van der Waals surface area (Å²) < 4.78 is 13.5. The molecule has 1 aromatic rings. The molecule has 21 heavy (non-hydrogen) atoms. The molecule has 1 saturated carbocycles. The average molecular weight is 315 g/mol. The van der Waals surface area contributed by atoms with Gasteiger partial charge in [0, 0.05) is 12.0 Å². The smallest absolute Gasteiger partial charge is 0.233 e. The number of likely N-dealkylation sites (N-methyl/N-ethyl adjacent to an activating group) is 1. The van der Waals surface area contributed by atoms with Crippen LogP contribution in [0.25, 0.3) is 0 Å². The highest BCUT2D eigenvalue weighted by Crippen LogP contribution is 2.39. The number of nitrogens with one attached hydrogen (secondary N) is 2. The Morgan fingerprint density at radius 1 is 1.29 bits per heavy atom. The fraction of sp³-hybridized carbons (Fsp3) is 0.562. The lowest BCUT2D eigenvalue weighted by Crippen LogP contribution is -2.44. The van der Waals surface area contributed by atoms with Gasteiger partial charge in [-0.05, 0) is 37.6 Å². The Morgan fingerprint density at radius 3 is 2.62 bits per heavy atom. The maximum absolute atomic E-state index is 13.5. The van der Waals surface area contributed by atoms with Crippen molar-refractivity contribution in [1.29, 1.82) is 0 Å². The molecule has 0 bridgehead atoms. The quantitative estimate of drug-likeness (QED) is 0.877. The van der Waals surface area contributed by atoms with Crippen LogP contribution in [0.4, 0.5) is 4.39 Å². The third kappa shape index (κ3) is 4.68. The second-order valence-corrected chi connectivity index (χ2v) is 5.66. The van der Waals surface area contributed by atoms with E-state index in [4.69, 9.17) is 0 Å². The fourth-order valence-corrected chi connectivity index (χ4v) is 3.11. The monoisotopic (exact) mass is 314 g/mol. The first-order valence-electron chi connectivity index (χ1n) is 7.34. The summed E-state index contributed by atoms with van der Waals surface area (Å²) >= 11 is 0. The van der Waals surface area contributed by atoms with E-state index in [2.05, 4.69) is 10.6 Å². The predicted octanol–water partition coefficient (Wildman–Crippen LogP) is 2.79. The Bertz CT molecular complexity index is 461. The van der Waals surface area contributed by atoms with Crippen molar-refractivity contribution in [2.75, 3.05) is 20.1 Å². The number of carbonyl (C=O) groups excluding carboxylic acids is 1. The zero-order chi connectivity index (χ0) is 14.4. The summed E-state index contributed by atoms with van der Waals surface area (Å²) in [6.07, 6.45) is 5.52. The molecule has 0 aliphatic heterocycles. The Kier molecular flexibility index (Phi) is 7.12. The minimum absolute atomic E-state index is 0. The summed E-state index contributed by atoms with van der Waals surface area (Å²) in [4.78, 5) is 11.7. The number of halogens is 2. The summed E-state index contributed by atoms with van der Waals surface area (Å²) in [5, 5.41) is 5.83. The van der Waals surface area contributed by atoms with E-state index in [1.54, 1.807) is 19.2 Å². The predicted molar refractivity (Wildman–Crippen MR) is 85.3 cm³/mol. The third-order valence-corrected chi connectivity index (χ3v) is 4.21. The lowest BCUT2D eigenvalue weighted by molar-refractivity contribution is -0.120. The topological polar surface area (TPSA) is 41.1 Å². The van der Waals surface area contributed by atoms with Gasteiger partial charge in [-0.1, -0.05) is 31.4 Å². The number of carbonyl (C=O) groups is 1. The molecule has 0 heterocycles. The van der Waals surface area contributed by atoms with Crippen LogP contribution in [-0.4, -0.2) is 26.0 Å². The molecule has 0 radical (unpaired) electrons. The summed E-state index contributed by atoms with van der Waals surface area (Å²) in [7, 11) is 1.75. The van der Waals surface area contributed by atoms with Crippen LogP contribution in [0.3, 0.4) is 0 Å². The van der Waals surface area contributed by atoms with Crippen LogP contribution >= 0.6 is 12.4 Å². The van der Waals surface area contributed by atoms with Gasteiger partial charge in [-0.15, -0.1) is 12.4 Å². The van der Waals surface area contributed by atoms with Gasteiger partial charge in [-0.25, -0.2) is 4.39 Å². The van der Waals surface area contributed by atoms with Crippen LogP contribution < -0.4 is 10.6 Å². The summed E-state index contributed by atoms with van der Waals surface area (Å²) in [6, 6.07) is 6.84. The molecule has 118 valence electrons. The number of hydrogen-bond acceptors (Lipinski definition) is 2. The molecule has 0 aromatic heterocycles. The van der Waals surface area contributed by atoms with E-state index in [0.29, 0.717) is 13.1 Å². The largest absolute Gasteiger partial charge is 0.354 e. The molecule has 1 aromatic carbocycles. The molecule has 2 rings (SSSR count). The molecule has 1 amide bonds. The van der Waals surface area contributed by atoms with Crippen molar-refractivity contribution in [2.45, 2.75) is 37.5 Å². The first kappa shape index (κ1) is 17.9. The lowest BCUT2D eigenvalue weighted by Gasteiger charge is -2.38. The van der Waals surface area contributed by atoms with Crippen LogP contribution in [0.1, 0.15) is 37.7 Å². The highest BCUT2D eigenvalue weighted by molar-refractivity contribution is 5.85. The normalized spacial score (nSPS) is 16.9. The van der Waals surface area contributed by atoms with Crippen molar-refractivity contribution in [3.63, 3.8) is 0 Å². The Balaban J connectivity index is 0.00000220. The van der Waals surface area contributed by atoms with Crippen LogP contribution in [0, 0.1) is 5.82 Å². The van der Waals surface area contributed by atoms with E-state index >= 15 is 0 Å². The molecular weight excluding hydrogens is 291 g/mol. The van der Waals surface area contributed by atoms with Crippen LogP contribution in [0.15, 0.2) is 24.3 Å². The summed E-state index contributed by atoms with van der Waals surface area (Å²) in [5.41, 5.74) is 0.908. The fourth-order valence-electron chi connectivity index (χ4n) is 3.11. The van der Waals surface area contributed by atoms with E-state index < -0.39 is 0 Å². The number of rotatable bonds is 5. The minimum atomic E-state index is -0.200. The van der Waals surface area contributed by atoms with E-state index in [1.807, 2.05) is 6.07 Å². The zero-order valence-electron chi connectivity index (χ0n) is 12.5. The van der Waals surface area contributed by atoms with Gasteiger partial charge in [0.1, 0.15) is 5.82 Å². The Labute approximate surface area is 132 Å². The first-order chi connectivity index (χ1) is 9.66. The van der Waals surface area contributed by atoms with Crippen LogP contribution in [0.5, 0.6) is 0 Å². The number of amides is 1.